The standard InChI is InChI=1S/C17H12N4OS/c18-9-12-2-1-3-14(8-12)16(22)20-10-15-11-23-17(21-15)13-4-6-19-7-5-13/h1-8,11H,10H2,(H,20,22). The van der Waals surface area contributed by atoms with E-state index in [4.69, 9.17) is 5.26 Å². The molecule has 0 unspecified atom stereocenters. The second-order valence-corrected chi connectivity index (χ2v) is 5.61. The van der Waals surface area contributed by atoms with Crippen molar-refractivity contribution in [1.29, 1.82) is 5.26 Å². The lowest BCUT2D eigenvalue weighted by Gasteiger charge is -2.03. The summed E-state index contributed by atoms with van der Waals surface area (Å²) in [5.41, 5.74) is 2.73. The molecule has 0 aliphatic carbocycles. The first kappa shape index (κ1) is 14.9. The summed E-state index contributed by atoms with van der Waals surface area (Å²) in [7, 11) is 0. The van der Waals surface area contributed by atoms with E-state index in [1.807, 2.05) is 23.6 Å². The fourth-order valence-electron chi connectivity index (χ4n) is 2.02. The van der Waals surface area contributed by atoms with E-state index in [0.29, 0.717) is 17.7 Å². The van der Waals surface area contributed by atoms with Crippen LogP contribution in [0.2, 0.25) is 0 Å². The number of rotatable bonds is 4. The molecule has 2 aromatic heterocycles. The molecular formula is C17H12N4OS. The van der Waals surface area contributed by atoms with Gasteiger partial charge in [0.2, 0.25) is 0 Å². The Morgan fingerprint density at radius 2 is 2.09 bits per heavy atom. The van der Waals surface area contributed by atoms with Crippen molar-refractivity contribution in [2.75, 3.05) is 0 Å². The molecule has 1 amide bonds. The lowest BCUT2D eigenvalue weighted by Crippen LogP contribution is -2.22. The highest BCUT2D eigenvalue weighted by molar-refractivity contribution is 7.13. The van der Waals surface area contributed by atoms with Crippen LogP contribution in [-0.4, -0.2) is 15.9 Å². The third-order valence-corrected chi connectivity index (χ3v) is 4.10. The number of carbonyl (C=O) groups excluding carboxylic acids is 1. The van der Waals surface area contributed by atoms with Crippen LogP contribution in [0.15, 0.2) is 54.2 Å². The Labute approximate surface area is 137 Å². The maximum atomic E-state index is 12.1. The molecule has 0 atom stereocenters. The number of nitrogens with zero attached hydrogens (tertiary/aromatic N) is 3. The van der Waals surface area contributed by atoms with Crippen molar-refractivity contribution in [2.45, 2.75) is 6.54 Å². The van der Waals surface area contributed by atoms with Crippen molar-refractivity contribution in [3.63, 3.8) is 0 Å². The van der Waals surface area contributed by atoms with Crippen molar-refractivity contribution < 1.29 is 4.79 Å². The van der Waals surface area contributed by atoms with Crippen molar-refractivity contribution in [3.05, 3.63) is 71.0 Å². The van der Waals surface area contributed by atoms with Gasteiger partial charge in [0, 0.05) is 28.9 Å². The fourth-order valence-corrected chi connectivity index (χ4v) is 2.84. The van der Waals surface area contributed by atoms with E-state index in [-0.39, 0.29) is 5.91 Å². The minimum absolute atomic E-state index is 0.222. The molecule has 0 aliphatic rings. The number of pyridine rings is 1. The summed E-state index contributed by atoms with van der Waals surface area (Å²) in [6, 6.07) is 12.4. The summed E-state index contributed by atoms with van der Waals surface area (Å²) in [6.07, 6.45) is 3.45. The van der Waals surface area contributed by atoms with E-state index in [9.17, 15) is 4.79 Å². The lowest BCUT2D eigenvalue weighted by molar-refractivity contribution is 0.0950. The topological polar surface area (TPSA) is 78.7 Å². The molecule has 1 aromatic carbocycles. The van der Waals surface area contributed by atoms with E-state index < -0.39 is 0 Å². The molecule has 0 saturated carbocycles. The maximum absolute atomic E-state index is 12.1. The Morgan fingerprint density at radius 3 is 2.87 bits per heavy atom. The predicted octanol–water partition coefficient (Wildman–Crippen LogP) is 3.01. The van der Waals surface area contributed by atoms with Crippen LogP contribution in [-0.2, 0) is 6.54 Å². The average molecular weight is 320 g/mol. The number of nitriles is 1. The van der Waals surface area contributed by atoms with Crippen LogP contribution >= 0.6 is 11.3 Å². The second-order valence-electron chi connectivity index (χ2n) is 4.76. The van der Waals surface area contributed by atoms with Gasteiger partial charge in [-0.25, -0.2) is 4.98 Å². The molecule has 0 fully saturated rings. The molecule has 3 aromatic rings. The lowest BCUT2D eigenvalue weighted by atomic mass is 10.1. The molecule has 23 heavy (non-hydrogen) atoms. The van der Waals surface area contributed by atoms with E-state index in [0.717, 1.165) is 16.3 Å². The molecule has 0 bridgehead atoms. The van der Waals surface area contributed by atoms with Gasteiger partial charge < -0.3 is 5.32 Å². The van der Waals surface area contributed by atoms with Crippen molar-refractivity contribution in [2.24, 2.45) is 0 Å². The molecule has 2 heterocycles. The zero-order valence-corrected chi connectivity index (χ0v) is 12.9. The van der Waals surface area contributed by atoms with Crippen molar-refractivity contribution in [3.8, 4) is 16.6 Å². The Bertz CT molecular complexity index is 868. The van der Waals surface area contributed by atoms with Gasteiger partial charge in [-0.3, -0.25) is 9.78 Å². The van der Waals surface area contributed by atoms with Gasteiger partial charge in [0.15, 0.2) is 0 Å². The first-order valence-electron chi connectivity index (χ1n) is 6.89. The largest absolute Gasteiger partial charge is 0.346 e. The first-order valence-corrected chi connectivity index (χ1v) is 7.77. The highest BCUT2D eigenvalue weighted by atomic mass is 32.1. The van der Waals surface area contributed by atoms with Gasteiger partial charge in [0.25, 0.3) is 5.91 Å². The number of nitrogens with one attached hydrogen (secondary N) is 1. The average Bonchev–Trinajstić information content (AvgIpc) is 3.09. The first-order chi connectivity index (χ1) is 11.3. The number of benzene rings is 1. The maximum Gasteiger partial charge on any atom is 0.251 e. The molecule has 0 aliphatic heterocycles. The molecule has 0 spiro atoms. The van der Waals surface area contributed by atoms with Crippen LogP contribution in [0.1, 0.15) is 21.6 Å². The third-order valence-electron chi connectivity index (χ3n) is 3.16. The van der Waals surface area contributed by atoms with Gasteiger partial charge in [0.1, 0.15) is 5.01 Å². The third kappa shape index (κ3) is 3.59. The van der Waals surface area contributed by atoms with Gasteiger partial charge >= 0.3 is 0 Å². The SMILES string of the molecule is N#Cc1cccc(C(=O)NCc2csc(-c3ccncc3)n2)c1. The monoisotopic (exact) mass is 320 g/mol. The summed E-state index contributed by atoms with van der Waals surface area (Å²) >= 11 is 1.52. The van der Waals surface area contributed by atoms with Crippen LogP contribution in [0.4, 0.5) is 0 Å². The van der Waals surface area contributed by atoms with Gasteiger partial charge in [0.05, 0.1) is 23.9 Å². The number of thiazole rings is 1. The number of carbonyl (C=O) groups is 1. The zero-order chi connectivity index (χ0) is 16.1. The normalized spacial score (nSPS) is 10.0. The molecule has 5 nitrogen and oxygen atoms in total. The molecular weight excluding hydrogens is 308 g/mol. The minimum Gasteiger partial charge on any atom is -0.346 e. The minimum atomic E-state index is -0.222. The molecule has 6 heteroatoms. The Kier molecular flexibility index (Phi) is 4.41. The summed E-state index contributed by atoms with van der Waals surface area (Å²) in [4.78, 5) is 20.6. The van der Waals surface area contributed by atoms with Crippen LogP contribution in [0.25, 0.3) is 10.6 Å². The smallest absolute Gasteiger partial charge is 0.251 e. The van der Waals surface area contributed by atoms with E-state index in [1.165, 1.54) is 11.3 Å². The molecule has 0 radical (unpaired) electrons. The van der Waals surface area contributed by atoms with Crippen molar-refractivity contribution in [1.82, 2.24) is 15.3 Å². The number of aromatic nitrogens is 2. The van der Waals surface area contributed by atoms with Crippen LogP contribution < -0.4 is 5.32 Å². The number of amides is 1. The van der Waals surface area contributed by atoms with Crippen molar-refractivity contribution >= 4 is 17.2 Å². The predicted molar refractivity (Wildman–Crippen MR) is 87.7 cm³/mol. The highest BCUT2D eigenvalue weighted by Gasteiger charge is 2.08. The molecule has 112 valence electrons. The van der Waals surface area contributed by atoms with E-state index in [1.54, 1.807) is 36.7 Å². The Hall–Kier alpha value is -3.04. The van der Waals surface area contributed by atoms with E-state index in [2.05, 4.69) is 15.3 Å². The molecule has 1 N–H and O–H groups in total. The highest BCUT2D eigenvalue weighted by Crippen LogP contribution is 2.22. The number of hydrogen-bond donors (Lipinski definition) is 1. The van der Waals surface area contributed by atoms with Gasteiger partial charge in [-0.2, -0.15) is 5.26 Å². The summed E-state index contributed by atoms with van der Waals surface area (Å²) in [5.74, 6) is -0.222. The summed E-state index contributed by atoms with van der Waals surface area (Å²) < 4.78 is 0. The van der Waals surface area contributed by atoms with Gasteiger partial charge in [-0.1, -0.05) is 6.07 Å². The second kappa shape index (κ2) is 6.81. The van der Waals surface area contributed by atoms with Crippen LogP contribution in [0.5, 0.6) is 0 Å². The van der Waals surface area contributed by atoms with Crippen LogP contribution in [0, 0.1) is 11.3 Å². The van der Waals surface area contributed by atoms with Crippen LogP contribution in [0.3, 0.4) is 0 Å². The number of hydrogen-bond acceptors (Lipinski definition) is 5. The Morgan fingerprint density at radius 1 is 1.26 bits per heavy atom. The summed E-state index contributed by atoms with van der Waals surface area (Å²) in [5, 5.41) is 14.5. The Balaban J connectivity index is 1.66. The van der Waals surface area contributed by atoms with Gasteiger partial charge in [-0.15, -0.1) is 11.3 Å². The summed E-state index contributed by atoms with van der Waals surface area (Å²) in [6.45, 7) is 0.344. The van der Waals surface area contributed by atoms with E-state index >= 15 is 0 Å². The zero-order valence-electron chi connectivity index (χ0n) is 12.1. The fraction of sp³-hybridized carbons (Fsp3) is 0.0588. The molecule has 3 rings (SSSR count). The van der Waals surface area contributed by atoms with Gasteiger partial charge in [-0.05, 0) is 30.3 Å². The quantitative estimate of drug-likeness (QED) is 0.801. The molecule has 0 saturated heterocycles.